The maximum atomic E-state index is 12.0. The van der Waals surface area contributed by atoms with Crippen LogP contribution in [0.25, 0.3) is 0 Å². The van der Waals surface area contributed by atoms with E-state index >= 15 is 0 Å². The van der Waals surface area contributed by atoms with E-state index in [2.05, 4.69) is 10.6 Å². The molecular formula is C17H23ClN2O2. The summed E-state index contributed by atoms with van der Waals surface area (Å²) in [5.74, 6) is 0.740. The van der Waals surface area contributed by atoms with Crippen molar-refractivity contribution in [3.8, 4) is 5.75 Å². The number of ether oxygens (including phenoxy) is 1. The summed E-state index contributed by atoms with van der Waals surface area (Å²) in [5.41, 5.74) is 0.728. The van der Waals surface area contributed by atoms with E-state index in [1.807, 2.05) is 12.1 Å². The zero-order valence-corrected chi connectivity index (χ0v) is 13.5. The van der Waals surface area contributed by atoms with E-state index in [9.17, 15) is 4.79 Å². The molecule has 22 heavy (non-hydrogen) atoms. The molecular weight excluding hydrogens is 300 g/mol. The number of amides is 1. The molecule has 1 aliphatic carbocycles. The molecule has 0 spiro atoms. The molecule has 2 N–H and O–H groups in total. The highest BCUT2D eigenvalue weighted by Crippen LogP contribution is 2.31. The highest BCUT2D eigenvalue weighted by Gasteiger charge is 2.19. The number of hydrogen-bond acceptors (Lipinski definition) is 3. The average Bonchev–Trinajstić information content (AvgIpc) is 3.15. The second-order valence-corrected chi connectivity index (χ2v) is 6.62. The largest absolute Gasteiger partial charge is 0.489 e. The van der Waals surface area contributed by atoms with Crippen LogP contribution in [0.2, 0.25) is 5.02 Å². The maximum Gasteiger partial charge on any atom is 0.225 e. The third-order valence-corrected chi connectivity index (χ3v) is 4.70. The van der Waals surface area contributed by atoms with Crippen molar-refractivity contribution in [2.24, 2.45) is 0 Å². The highest BCUT2D eigenvalue weighted by molar-refractivity contribution is 6.32. The van der Waals surface area contributed by atoms with Crippen molar-refractivity contribution in [3.63, 3.8) is 0 Å². The summed E-state index contributed by atoms with van der Waals surface area (Å²) in [6, 6.07) is 5.78. The predicted octanol–water partition coefficient (Wildman–Crippen LogP) is 3.74. The minimum absolute atomic E-state index is 0.0277. The molecule has 1 saturated carbocycles. The number of halogens is 1. The zero-order chi connectivity index (χ0) is 15.4. The van der Waals surface area contributed by atoms with Gasteiger partial charge >= 0.3 is 0 Å². The fourth-order valence-electron chi connectivity index (χ4n) is 3.23. The van der Waals surface area contributed by atoms with Crippen LogP contribution in [0.1, 0.15) is 44.9 Å². The minimum atomic E-state index is 0.0277. The lowest BCUT2D eigenvalue weighted by atomic mass is 10.1. The highest BCUT2D eigenvalue weighted by atomic mass is 35.5. The molecule has 1 aliphatic heterocycles. The Bertz CT molecular complexity index is 523. The first kappa shape index (κ1) is 15.6. The number of hydrogen-bond donors (Lipinski definition) is 2. The molecule has 1 heterocycles. The van der Waals surface area contributed by atoms with E-state index in [0.717, 1.165) is 37.9 Å². The van der Waals surface area contributed by atoms with Crippen LogP contribution in [0.3, 0.4) is 0 Å². The first-order valence-electron chi connectivity index (χ1n) is 8.20. The van der Waals surface area contributed by atoms with Crippen LogP contribution in [0, 0.1) is 0 Å². The smallest absolute Gasteiger partial charge is 0.225 e. The molecule has 1 amide bonds. The Morgan fingerprint density at radius 2 is 2.09 bits per heavy atom. The average molecular weight is 323 g/mol. The van der Waals surface area contributed by atoms with Crippen LogP contribution >= 0.6 is 11.6 Å². The first-order valence-corrected chi connectivity index (χ1v) is 8.58. The van der Waals surface area contributed by atoms with Crippen molar-refractivity contribution in [3.05, 3.63) is 23.2 Å². The number of benzene rings is 1. The number of anilines is 1. The molecule has 0 radical (unpaired) electrons. The summed E-state index contributed by atoms with van der Waals surface area (Å²) < 4.78 is 5.92. The van der Waals surface area contributed by atoms with Gasteiger partial charge in [0.15, 0.2) is 0 Å². The van der Waals surface area contributed by atoms with Crippen molar-refractivity contribution in [1.29, 1.82) is 0 Å². The normalized spacial score (nSPS) is 22.0. The van der Waals surface area contributed by atoms with Gasteiger partial charge in [-0.2, -0.15) is 0 Å². The van der Waals surface area contributed by atoms with Gasteiger partial charge in [-0.05, 0) is 63.3 Å². The van der Waals surface area contributed by atoms with Crippen LogP contribution in [0.15, 0.2) is 18.2 Å². The van der Waals surface area contributed by atoms with E-state index < -0.39 is 0 Å². The van der Waals surface area contributed by atoms with E-state index in [-0.39, 0.29) is 12.0 Å². The minimum Gasteiger partial charge on any atom is -0.489 e. The Morgan fingerprint density at radius 1 is 1.27 bits per heavy atom. The summed E-state index contributed by atoms with van der Waals surface area (Å²) in [6.45, 7) is 1.01. The molecule has 2 aliphatic rings. The van der Waals surface area contributed by atoms with E-state index in [0.29, 0.717) is 23.2 Å². The van der Waals surface area contributed by atoms with Crippen molar-refractivity contribution in [2.45, 2.75) is 57.1 Å². The molecule has 2 fully saturated rings. The van der Waals surface area contributed by atoms with E-state index in [4.69, 9.17) is 16.3 Å². The molecule has 5 heteroatoms. The van der Waals surface area contributed by atoms with Gasteiger partial charge in [0, 0.05) is 18.2 Å². The van der Waals surface area contributed by atoms with Crippen LogP contribution in [-0.4, -0.2) is 24.6 Å². The molecule has 1 saturated heterocycles. The molecule has 120 valence electrons. The molecule has 1 aromatic rings. The van der Waals surface area contributed by atoms with Crippen molar-refractivity contribution in [2.75, 3.05) is 11.9 Å². The van der Waals surface area contributed by atoms with Crippen LogP contribution in [0.4, 0.5) is 5.69 Å². The molecule has 3 rings (SSSR count). The predicted molar refractivity (Wildman–Crippen MR) is 88.6 cm³/mol. The Morgan fingerprint density at radius 3 is 2.77 bits per heavy atom. The number of nitrogens with one attached hydrogen (secondary N) is 2. The monoisotopic (exact) mass is 322 g/mol. The summed E-state index contributed by atoms with van der Waals surface area (Å²) >= 11 is 6.27. The Hall–Kier alpha value is -1.26. The molecule has 1 atom stereocenters. The summed E-state index contributed by atoms with van der Waals surface area (Å²) in [7, 11) is 0. The van der Waals surface area contributed by atoms with E-state index in [1.165, 1.54) is 12.8 Å². The van der Waals surface area contributed by atoms with Gasteiger partial charge in [-0.3, -0.25) is 4.79 Å². The van der Waals surface area contributed by atoms with Gasteiger partial charge in [-0.25, -0.2) is 0 Å². The van der Waals surface area contributed by atoms with Gasteiger partial charge in [0.2, 0.25) is 5.91 Å². The second kappa shape index (κ2) is 7.34. The topological polar surface area (TPSA) is 50.4 Å². The molecule has 0 bridgehead atoms. The quantitative estimate of drug-likeness (QED) is 0.868. The lowest BCUT2D eigenvalue weighted by molar-refractivity contribution is -0.116. The fraction of sp³-hybridized carbons (Fsp3) is 0.588. The van der Waals surface area contributed by atoms with Gasteiger partial charge in [-0.15, -0.1) is 0 Å². The van der Waals surface area contributed by atoms with Crippen LogP contribution < -0.4 is 15.4 Å². The van der Waals surface area contributed by atoms with Gasteiger partial charge in [0.05, 0.1) is 11.1 Å². The van der Waals surface area contributed by atoms with Gasteiger partial charge < -0.3 is 15.4 Å². The van der Waals surface area contributed by atoms with Gasteiger partial charge in [0.25, 0.3) is 0 Å². The molecule has 0 aromatic heterocycles. The van der Waals surface area contributed by atoms with Crippen LogP contribution in [-0.2, 0) is 4.79 Å². The summed E-state index contributed by atoms with van der Waals surface area (Å²) in [4.78, 5) is 12.0. The number of carbonyl (C=O) groups is 1. The SMILES string of the molecule is O=C(CC1CCCN1)Nc1ccc(OC2CCCC2)c(Cl)c1. The van der Waals surface area contributed by atoms with Gasteiger partial charge in [-0.1, -0.05) is 11.6 Å². The Balaban J connectivity index is 1.55. The van der Waals surface area contributed by atoms with Gasteiger partial charge in [0.1, 0.15) is 5.75 Å². The Labute approximate surface area is 136 Å². The third-order valence-electron chi connectivity index (χ3n) is 4.41. The first-order chi connectivity index (χ1) is 10.7. The van der Waals surface area contributed by atoms with Crippen LogP contribution in [0.5, 0.6) is 5.75 Å². The Kier molecular flexibility index (Phi) is 5.21. The lowest BCUT2D eigenvalue weighted by Gasteiger charge is -2.15. The number of carbonyl (C=O) groups excluding carboxylic acids is 1. The summed E-state index contributed by atoms with van der Waals surface area (Å²) in [6.07, 6.45) is 7.67. The van der Waals surface area contributed by atoms with Crippen molar-refractivity contribution >= 4 is 23.2 Å². The van der Waals surface area contributed by atoms with Crippen molar-refractivity contribution < 1.29 is 9.53 Å². The summed E-state index contributed by atoms with van der Waals surface area (Å²) in [5, 5.41) is 6.80. The lowest BCUT2D eigenvalue weighted by Crippen LogP contribution is -2.27. The zero-order valence-electron chi connectivity index (χ0n) is 12.7. The standard InChI is InChI=1S/C17H23ClN2O2/c18-15-10-13(20-17(21)11-12-4-3-9-19-12)7-8-16(15)22-14-5-1-2-6-14/h7-8,10,12,14,19H,1-6,9,11H2,(H,20,21). The fourth-order valence-corrected chi connectivity index (χ4v) is 3.45. The molecule has 1 unspecified atom stereocenters. The third kappa shape index (κ3) is 4.14. The van der Waals surface area contributed by atoms with Crippen molar-refractivity contribution in [1.82, 2.24) is 5.32 Å². The maximum absolute atomic E-state index is 12.0. The molecule has 1 aromatic carbocycles. The molecule has 4 nitrogen and oxygen atoms in total. The number of rotatable bonds is 5. The van der Waals surface area contributed by atoms with E-state index in [1.54, 1.807) is 6.07 Å². The second-order valence-electron chi connectivity index (χ2n) is 6.22.